The van der Waals surface area contributed by atoms with Crippen molar-refractivity contribution >= 4 is 21.9 Å². The number of rotatable bonds is 4. The van der Waals surface area contributed by atoms with Gasteiger partial charge in [-0.15, -0.1) is 0 Å². The monoisotopic (exact) mass is 394 g/mol. The largest absolute Gasteiger partial charge is 0.463 e. The van der Waals surface area contributed by atoms with Gasteiger partial charge in [0.15, 0.2) is 0 Å². The molecule has 0 radical (unpaired) electrons. The summed E-state index contributed by atoms with van der Waals surface area (Å²) in [4.78, 5) is 12.0. The van der Waals surface area contributed by atoms with Gasteiger partial charge in [-0.3, -0.25) is 0 Å². The fourth-order valence-electron chi connectivity index (χ4n) is 4.27. The van der Waals surface area contributed by atoms with E-state index in [1.807, 2.05) is 37.5 Å². The average molecular weight is 394 g/mol. The third-order valence-electron chi connectivity index (χ3n) is 5.65. The first-order valence-electron chi connectivity index (χ1n) is 10.3. The Balaban J connectivity index is 1.69. The Morgan fingerprint density at radius 1 is 0.833 bits per heavy atom. The zero-order valence-corrected chi connectivity index (χ0v) is 17.1. The van der Waals surface area contributed by atoms with Crippen LogP contribution < -0.4 is 5.63 Å². The first-order valence-corrected chi connectivity index (χ1v) is 10.3. The fraction of sp³-hybridized carbons (Fsp3) is 0.148. The smallest absolute Gasteiger partial charge is 0.336 e. The lowest BCUT2D eigenvalue weighted by molar-refractivity contribution is 0.557. The van der Waals surface area contributed by atoms with E-state index in [4.69, 9.17) is 8.83 Å². The molecule has 0 saturated heterocycles. The van der Waals surface area contributed by atoms with Crippen LogP contribution in [-0.2, 0) is 6.42 Å². The zero-order chi connectivity index (χ0) is 20.7. The van der Waals surface area contributed by atoms with Crippen LogP contribution in [-0.4, -0.2) is 0 Å². The van der Waals surface area contributed by atoms with Crippen molar-refractivity contribution in [2.75, 3.05) is 0 Å². The topological polar surface area (TPSA) is 43.4 Å². The molecule has 0 atom stereocenters. The highest BCUT2D eigenvalue weighted by molar-refractivity contribution is 6.10. The first-order chi connectivity index (χ1) is 14.7. The number of aryl methyl sites for hydroxylation is 2. The van der Waals surface area contributed by atoms with Gasteiger partial charge in [0.25, 0.3) is 0 Å². The summed E-state index contributed by atoms with van der Waals surface area (Å²) >= 11 is 0. The van der Waals surface area contributed by atoms with Crippen molar-refractivity contribution in [1.82, 2.24) is 0 Å². The fourth-order valence-corrected chi connectivity index (χ4v) is 4.27. The van der Waals surface area contributed by atoms with Crippen LogP contribution in [0.1, 0.15) is 24.5 Å². The SMILES string of the molecule is CCCc1cc(=O)oc2cc(C)c3c(-c4ccc(-c5ccccc5)cc4)coc3c12. The maximum atomic E-state index is 12.0. The third-order valence-corrected chi connectivity index (χ3v) is 5.65. The van der Waals surface area contributed by atoms with Crippen LogP contribution in [0, 0.1) is 6.92 Å². The molecule has 0 fully saturated rings. The number of furan rings is 1. The molecule has 0 bridgehead atoms. The van der Waals surface area contributed by atoms with E-state index in [0.29, 0.717) is 5.58 Å². The summed E-state index contributed by atoms with van der Waals surface area (Å²) in [5.74, 6) is 0. The van der Waals surface area contributed by atoms with Gasteiger partial charge < -0.3 is 8.83 Å². The summed E-state index contributed by atoms with van der Waals surface area (Å²) in [7, 11) is 0. The van der Waals surface area contributed by atoms with Crippen molar-refractivity contribution < 1.29 is 8.83 Å². The minimum absolute atomic E-state index is 0.312. The van der Waals surface area contributed by atoms with Gasteiger partial charge in [-0.2, -0.15) is 0 Å². The van der Waals surface area contributed by atoms with Crippen LogP contribution in [0.5, 0.6) is 0 Å². The lowest BCUT2D eigenvalue weighted by Gasteiger charge is -2.08. The predicted molar refractivity (Wildman–Crippen MR) is 122 cm³/mol. The van der Waals surface area contributed by atoms with Crippen LogP contribution >= 0.6 is 0 Å². The lowest BCUT2D eigenvalue weighted by atomic mass is 9.96. The molecule has 5 rings (SSSR count). The minimum Gasteiger partial charge on any atom is -0.463 e. The standard InChI is InChI=1S/C27H22O3/c1-3-7-21-15-24(28)30-23-14-17(2)25-22(16-29-27(25)26(21)23)20-12-10-19(11-13-20)18-8-5-4-6-9-18/h4-6,8-16H,3,7H2,1-2H3. The van der Waals surface area contributed by atoms with Gasteiger partial charge in [0.1, 0.15) is 11.2 Å². The lowest BCUT2D eigenvalue weighted by Crippen LogP contribution is -2.01. The quantitative estimate of drug-likeness (QED) is 0.304. The van der Waals surface area contributed by atoms with Gasteiger partial charge in [0.2, 0.25) is 0 Å². The molecule has 0 aliphatic heterocycles. The van der Waals surface area contributed by atoms with Crippen LogP contribution in [0.25, 0.3) is 44.2 Å². The molecular formula is C27H22O3. The van der Waals surface area contributed by atoms with E-state index in [0.717, 1.165) is 51.5 Å². The van der Waals surface area contributed by atoms with Gasteiger partial charge in [0, 0.05) is 17.0 Å². The van der Waals surface area contributed by atoms with E-state index in [-0.39, 0.29) is 5.63 Å². The van der Waals surface area contributed by atoms with E-state index in [2.05, 4.69) is 43.3 Å². The van der Waals surface area contributed by atoms with E-state index < -0.39 is 0 Å². The Hall–Kier alpha value is -3.59. The number of benzene rings is 3. The van der Waals surface area contributed by atoms with Crippen LogP contribution in [0.15, 0.2) is 86.6 Å². The summed E-state index contributed by atoms with van der Waals surface area (Å²) in [6.45, 7) is 4.14. The molecule has 5 aromatic rings. The van der Waals surface area contributed by atoms with Crippen molar-refractivity contribution in [3.63, 3.8) is 0 Å². The molecule has 0 amide bonds. The predicted octanol–water partition coefficient (Wildman–Crippen LogP) is 7.13. The zero-order valence-electron chi connectivity index (χ0n) is 17.1. The molecule has 3 heteroatoms. The van der Waals surface area contributed by atoms with Crippen molar-refractivity contribution in [3.8, 4) is 22.3 Å². The van der Waals surface area contributed by atoms with Crippen molar-refractivity contribution in [1.29, 1.82) is 0 Å². The molecule has 0 spiro atoms. The number of fused-ring (bicyclic) bond motifs is 3. The Bertz CT molecular complexity index is 1400. The molecule has 0 N–H and O–H groups in total. The molecule has 2 heterocycles. The number of hydrogen-bond acceptors (Lipinski definition) is 3. The van der Waals surface area contributed by atoms with Gasteiger partial charge in [-0.05, 0) is 47.2 Å². The third kappa shape index (κ3) is 3.03. The molecule has 3 aromatic carbocycles. The molecule has 0 saturated carbocycles. The Morgan fingerprint density at radius 2 is 1.53 bits per heavy atom. The number of hydrogen-bond donors (Lipinski definition) is 0. The second kappa shape index (κ2) is 7.34. The van der Waals surface area contributed by atoms with Crippen molar-refractivity contribution in [2.45, 2.75) is 26.7 Å². The van der Waals surface area contributed by atoms with E-state index in [1.165, 1.54) is 11.1 Å². The average Bonchev–Trinajstić information content (AvgIpc) is 3.20. The Labute approximate surface area is 174 Å². The van der Waals surface area contributed by atoms with E-state index in [1.54, 1.807) is 6.07 Å². The Kier molecular flexibility index (Phi) is 4.51. The van der Waals surface area contributed by atoms with Crippen molar-refractivity contribution in [2.24, 2.45) is 0 Å². The van der Waals surface area contributed by atoms with Gasteiger partial charge in [0.05, 0.1) is 11.6 Å². The summed E-state index contributed by atoms with van der Waals surface area (Å²) in [6, 6.07) is 22.4. The van der Waals surface area contributed by atoms with Crippen LogP contribution in [0.3, 0.4) is 0 Å². The highest BCUT2D eigenvalue weighted by atomic mass is 16.4. The molecular weight excluding hydrogens is 372 g/mol. The second-order valence-corrected chi connectivity index (χ2v) is 7.70. The first kappa shape index (κ1) is 18.4. The van der Waals surface area contributed by atoms with E-state index in [9.17, 15) is 4.79 Å². The molecule has 30 heavy (non-hydrogen) atoms. The summed E-state index contributed by atoms with van der Waals surface area (Å²) < 4.78 is 11.6. The van der Waals surface area contributed by atoms with Gasteiger partial charge in [-0.1, -0.05) is 67.9 Å². The normalized spacial score (nSPS) is 11.4. The van der Waals surface area contributed by atoms with Gasteiger partial charge >= 0.3 is 5.63 Å². The van der Waals surface area contributed by atoms with Crippen molar-refractivity contribution in [3.05, 3.63) is 94.5 Å². The van der Waals surface area contributed by atoms with Gasteiger partial charge in [-0.25, -0.2) is 4.79 Å². The summed E-state index contributed by atoms with van der Waals surface area (Å²) in [6.07, 6.45) is 3.57. The molecule has 2 aromatic heterocycles. The minimum atomic E-state index is -0.312. The summed E-state index contributed by atoms with van der Waals surface area (Å²) in [5, 5.41) is 1.98. The Morgan fingerprint density at radius 3 is 2.27 bits per heavy atom. The molecule has 0 aliphatic rings. The van der Waals surface area contributed by atoms with Crippen LogP contribution in [0.2, 0.25) is 0 Å². The highest BCUT2D eigenvalue weighted by Gasteiger charge is 2.18. The molecule has 3 nitrogen and oxygen atoms in total. The maximum Gasteiger partial charge on any atom is 0.336 e. The molecule has 0 unspecified atom stereocenters. The van der Waals surface area contributed by atoms with Crippen LogP contribution in [0.4, 0.5) is 0 Å². The highest BCUT2D eigenvalue weighted by Crippen LogP contribution is 2.39. The summed E-state index contributed by atoms with van der Waals surface area (Å²) in [5.41, 5.74) is 7.62. The molecule has 0 aliphatic carbocycles. The maximum absolute atomic E-state index is 12.0. The van der Waals surface area contributed by atoms with E-state index >= 15 is 0 Å². The second-order valence-electron chi connectivity index (χ2n) is 7.70. The molecule has 148 valence electrons.